The lowest BCUT2D eigenvalue weighted by molar-refractivity contribution is 0.573. The van der Waals surface area contributed by atoms with Crippen LogP contribution in [0.2, 0.25) is 0 Å². The van der Waals surface area contributed by atoms with E-state index in [1.165, 1.54) is 4.68 Å². The molecule has 8 nitrogen and oxygen atoms in total. The molecule has 0 aliphatic rings. The lowest BCUT2D eigenvalue weighted by Crippen LogP contribution is -2.24. The maximum absolute atomic E-state index is 12.4. The van der Waals surface area contributed by atoms with E-state index in [2.05, 4.69) is 25.3 Å². The van der Waals surface area contributed by atoms with Crippen LogP contribution >= 0.6 is 0 Å². The average Bonchev–Trinajstić information content (AvgIpc) is 2.93. The third-order valence-electron chi connectivity index (χ3n) is 2.93. The molecule has 0 radical (unpaired) electrons. The summed E-state index contributed by atoms with van der Waals surface area (Å²) in [5.41, 5.74) is 1.36. The third kappa shape index (κ3) is 3.61. The summed E-state index contributed by atoms with van der Waals surface area (Å²) in [6, 6.07) is 1.84. The number of hydrogen-bond donors (Lipinski definition) is 3. The Kier molecular flexibility index (Phi) is 4.33. The van der Waals surface area contributed by atoms with Crippen molar-refractivity contribution in [3.63, 3.8) is 0 Å². The predicted octanol–water partition coefficient (Wildman–Crippen LogP) is 0.750. The zero-order valence-electron chi connectivity index (χ0n) is 12.5. The van der Waals surface area contributed by atoms with Crippen LogP contribution in [0, 0.1) is 6.92 Å². The number of rotatable bonds is 6. The number of hydrogen-bond acceptors (Lipinski definition) is 5. The molecule has 2 aromatic heterocycles. The molecule has 0 bridgehead atoms. The van der Waals surface area contributed by atoms with Crippen LogP contribution in [-0.4, -0.2) is 34.4 Å². The summed E-state index contributed by atoms with van der Waals surface area (Å²) < 4.78 is 28.8. The lowest BCUT2D eigenvalue weighted by atomic mass is 10.2. The van der Waals surface area contributed by atoms with E-state index >= 15 is 0 Å². The molecule has 0 fully saturated rings. The highest BCUT2D eigenvalue weighted by Crippen LogP contribution is 2.19. The fraction of sp³-hybridized carbons (Fsp3) is 0.500. The topological polar surface area (TPSA) is 105 Å². The van der Waals surface area contributed by atoms with Gasteiger partial charge in [0.1, 0.15) is 0 Å². The first-order valence-electron chi connectivity index (χ1n) is 6.59. The van der Waals surface area contributed by atoms with E-state index in [9.17, 15) is 8.42 Å². The maximum Gasteiger partial charge on any atom is 0.282 e. The molecule has 2 aromatic rings. The van der Waals surface area contributed by atoms with E-state index in [0.717, 1.165) is 5.69 Å². The van der Waals surface area contributed by atoms with E-state index < -0.39 is 10.0 Å². The Hall–Kier alpha value is -1.87. The van der Waals surface area contributed by atoms with Crippen molar-refractivity contribution in [2.45, 2.75) is 38.4 Å². The smallest absolute Gasteiger partial charge is 0.282 e. The lowest BCUT2D eigenvalue weighted by Gasteiger charge is -2.09. The number of H-pyrrole nitrogens is 1. The van der Waals surface area contributed by atoms with Gasteiger partial charge in [0.2, 0.25) is 5.03 Å². The molecule has 0 atom stereocenters. The normalized spacial score (nSPS) is 12.0. The highest BCUT2D eigenvalue weighted by atomic mass is 32.2. The Morgan fingerprint density at radius 3 is 2.71 bits per heavy atom. The molecule has 21 heavy (non-hydrogen) atoms. The molecular weight excluding hydrogens is 292 g/mol. The summed E-state index contributed by atoms with van der Waals surface area (Å²) in [4.78, 5) is 0. The second-order valence-electron chi connectivity index (χ2n) is 5.15. The van der Waals surface area contributed by atoms with Crippen molar-refractivity contribution >= 4 is 15.8 Å². The SMILES string of the molecule is Cc1[nH]nc(S(=O)(=O)Nc2ccn(C)n2)c1CNC(C)C. The van der Waals surface area contributed by atoms with Gasteiger partial charge in [0.15, 0.2) is 5.82 Å². The minimum atomic E-state index is -3.77. The van der Waals surface area contributed by atoms with E-state index in [0.29, 0.717) is 12.1 Å². The minimum absolute atomic E-state index is 0.00111. The van der Waals surface area contributed by atoms with Gasteiger partial charge in [-0.15, -0.1) is 0 Å². The predicted molar refractivity (Wildman–Crippen MR) is 79.3 cm³/mol. The Bertz CT molecular complexity index is 716. The Morgan fingerprint density at radius 2 is 2.14 bits per heavy atom. The van der Waals surface area contributed by atoms with Crippen LogP contribution in [0.3, 0.4) is 0 Å². The van der Waals surface area contributed by atoms with Gasteiger partial charge in [0.05, 0.1) is 0 Å². The van der Waals surface area contributed by atoms with Crippen molar-refractivity contribution in [3.05, 3.63) is 23.5 Å². The van der Waals surface area contributed by atoms with Gasteiger partial charge in [0.25, 0.3) is 10.0 Å². The molecule has 0 saturated heterocycles. The number of aryl methyl sites for hydroxylation is 2. The fourth-order valence-corrected chi connectivity index (χ4v) is 3.02. The van der Waals surface area contributed by atoms with Gasteiger partial charge < -0.3 is 5.32 Å². The van der Waals surface area contributed by atoms with E-state index in [-0.39, 0.29) is 16.9 Å². The molecule has 116 valence electrons. The van der Waals surface area contributed by atoms with Crippen LogP contribution < -0.4 is 10.0 Å². The molecule has 2 heterocycles. The molecule has 9 heteroatoms. The molecule has 0 aliphatic carbocycles. The Labute approximate surface area is 124 Å². The van der Waals surface area contributed by atoms with Gasteiger partial charge >= 0.3 is 0 Å². The van der Waals surface area contributed by atoms with Crippen LogP contribution in [-0.2, 0) is 23.6 Å². The van der Waals surface area contributed by atoms with Gasteiger partial charge in [-0.3, -0.25) is 14.5 Å². The van der Waals surface area contributed by atoms with Crippen molar-refractivity contribution in [1.29, 1.82) is 0 Å². The highest BCUT2D eigenvalue weighted by molar-refractivity contribution is 7.92. The number of sulfonamides is 1. The largest absolute Gasteiger partial charge is 0.310 e. The molecule has 3 N–H and O–H groups in total. The Balaban J connectivity index is 2.27. The van der Waals surface area contributed by atoms with Crippen molar-refractivity contribution in [2.75, 3.05) is 4.72 Å². The molecule has 0 aromatic carbocycles. The van der Waals surface area contributed by atoms with Gasteiger partial charge in [-0.1, -0.05) is 13.8 Å². The molecule has 0 aliphatic heterocycles. The average molecular weight is 312 g/mol. The van der Waals surface area contributed by atoms with Crippen molar-refractivity contribution < 1.29 is 8.42 Å². The summed E-state index contributed by atoms with van der Waals surface area (Å²) in [5.74, 6) is 0.265. The first kappa shape index (κ1) is 15.5. The van der Waals surface area contributed by atoms with Crippen LogP contribution in [0.1, 0.15) is 25.1 Å². The van der Waals surface area contributed by atoms with Gasteiger partial charge in [-0.25, -0.2) is 0 Å². The summed E-state index contributed by atoms with van der Waals surface area (Å²) in [6.45, 7) is 6.22. The fourth-order valence-electron chi connectivity index (χ4n) is 1.82. The van der Waals surface area contributed by atoms with Gasteiger partial charge in [-0.05, 0) is 6.92 Å². The quantitative estimate of drug-likeness (QED) is 0.730. The zero-order chi connectivity index (χ0) is 15.6. The first-order valence-corrected chi connectivity index (χ1v) is 8.07. The monoisotopic (exact) mass is 312 g/mol. The summed E-state index contributed by atoms with van der Waals surface area (Å²) in [7, 11) is -2.05. The standard InChI is InChI=1S/C12H20N6O2S/c1-8(2)13-7-10-9(3)14-15-12(10)21(19,20)17-11-5-6-18(4)16-11/h5-6,8,13H,7H2,1-4H3,(H,14,15)(H,16,17). The second kappa shape index (κ2) is 5.86. The Morgan fingerprint density at radius 1 is 1.43 bits per heavy atom. The molecular formula is C12H20N6O2S. The highest BCUT2D eigenvalue weighted by Gasteiger charge is 2.24. The second-order valence-corrected chi connectivity index (χ2v) is 6.75. The minimum Gasteiger partial charge on any atom is -0.310 e. The zero-order valence-corrected chi connectivity index (χ0v) is 13.3. The van der Waals surface area contributed by atoms with Crippen LogP contribution in [0.4, 0.5) is 5.82 Å². The van der Waals surface area contributed by atoms with E-state index in [1.807, 2.05) is 13.8 Å². The van der Waals surface area contributed by atoms with Crippen molar-refractivity contribution in [2.24, 2.45) is 7.05 Å². The first-order chi connectivity index (χ1) is 9.79. The number of aromatic nitrogens is 4. The number of aromatic amines is 1. The van der Waals surface area contributed by atoms with Gasteiger partial charge in [-0.2, -0.15) is 18.6 Å². The summed E-state index contributed by atoms with van der Waals surface area (Å²) in [5, 5.41) is 13.8. The van der Waals surface area contributed by atoms with Crippen molar-refractivity contribution in [1.82, 2.24) is 25.3 Å². The summed E-state index contributed by atoms with van der Waals surface area (Å²) >= 11 is 0. The molecule has 0 unspecified atom stereocenters. The van der Waals surface area contributed by atoms with Crippen LogP contribution in [0.15, 0.2) is 17.3 Å². The van der Waals surface area contributed by atoms with Gasteiger partial charge in [0, 0.05) is 43.2 Å². The molecule has 2 rings (SSSR count). The maximum atomic E-state index is 12.4. The number of nitrogens with zero attached hydrogens (tertiary/aromatic N) is 3. The molecule has 0 amide bonds. The third-order valence-corrected chi connectivity index (χ3v) is 4.25. The molecule has 0 spiro atoms. The van der Waals surface area contributed by atoms with Crippen molar-refractivity contribution in [3.8, 4) is 0 Å². The number of anilines is 1. The van der Waals surface area contributed by atoms with Crippen LogP contribution in [0.5, 0.6) is 0 Å². The van der Waals surface area contributed by atoms with E-state index in [4.69, 9.17) is 0 Å². The van der Waals surface area contributed by atoms with E-state index in [1.54, 1.807) is 26.2 Å². The summed E-state index contributed by atoms with van der Waals surface area (Å²) in [6.07, 6.45) is 1.66. The molecule has 0 saturated carbocycles. The number of nitrogens with one attached hydrogen (secondary N) is 3. The van der Waals surface area contributed by atoms with Crippen LogP contribution in [0.25, 0.3) is 0 Å².